The van der Waals surface area contributed by atoms with Gasteiger partial charge in [-0.25, -0.2) is 8.42 Å². The Balaban J connectivity index is 2.40. The molecule has 2 rings (SSSR count). The van der Waals surface area contributed by atoms with Crippen molar-refractivity contribution in [2.24, 2.45) is 0 Å². The maximum Gasteiger partial charge on any atom is 0.254 e. The van der Waals surface area contributed by atoms with Crippen molar-refractivity contribution < 1.29 is 13.2 Å². The van der Waals surface area contributed by atoms with Crippen molar-refractivity contribution in [1.29, 1.82) is 0 Å². The number of nitrogens with one attached hydrogen (secondary N) is 1. The Morgan fingerprint density at radius 2 is 2.33 bits per heavy atom. The molecule has 0 bridgehead atoms. The second-order valence-electron chi connectivity index (χ2n) is 3.89. The Kier molecular flexibility index (Phi) is 4.10. The van der Waals surface area contributed by atoms with Gasteiger partial charge in [0, 0.05) is 17.6 Å². The van der Waals surface area contributed by atoms with Crippen LogP contribution in [-0.4, -0.2) is 37.8 Å². The number of carbonyl (C=O) groups is 1. The van der Waals surface area contributed by atoms with Crippen molar-refractivity contribution in [3.05, 3.63) is 15.9 Å². The van der Waals surface area contributed by atoms with E-state index in [4.69, 9.17) is 0 Å². The minimum Gasteiger partial charge on any atom is -0.353 e. The second kappa shape index (κ2) is 5.28. The van der Waals surface area contributed by atoms with E-state index in [1.54, 1.807) is 11.4 Å². The molecule has 1 atom stereocenters. The van der Waals surface area contributed by atoms with E-state index in [2.05, 4.69) is 21.2 Å². The maximum atomic E-state index is 12.5. The zero-order chi connectivity index (χ0) is 13.3. The van der Waals surface area contributed by atoms with Crippen LogP contribution in [0.5, 0.6) is 0 Å². The molecule has 1 aliphatic rings. The standard InChI is InChI=1S/C10H13BrN2O3S2/c1-2-8-9(14)12-4-5-13(8)18(15,16)10-7(11)3-6-17-10/h3,6,8H,2,4-5H2,1H3,(H,12,14). The molecule has 100 valence electrons. The number of rotatable bonds is 3. The Labute approximate surface area is 118 Å². The van der Waals surface area contributed by atoms with Crippen molar-refractivity contribution in [2.45, 2.75) is 23.6 Å². The number of hydrogen-bond acceptors (Lipinski definition) is 4. The zero-order valence-electron chi connectivity index (χ0n) is 9.72. The average Bonchev–Trinajstić information content (AvgIpc) is 2.75. The quantitative estimate of drug-likeness (QED) is 0.894. The molecule has 1 N–H and O–H groups in total. The third kappa shape index (κ3) is 2.34. The van der Waals surface area contributed by atoms with Crippen LogP contribution in [0.1, 0.15) is 13.3 Å². The molecule has 2 heterocycles. The van der Waals surface area contributed by atoms with E-state index in [-0.39, 0.29) is 10.1 Å². The summed E-state index contributed by atoms with van der Waals surface area (Å²) in [5.41, 5.74) is 0. The highest BCUT2D eigenvalue weighted by Gasteiger charge is 2.38. The Hall–Kier alpha value is -0.440. The molecule has 0 aliphatic carbocycles. The van der Waals surface area contributed by atoms with Gasteiger partial charge in [-0.3, -0.25) is 4.79 Å². The summed E-state index contributed by atoms with van der Waals surface area (Å²) in [4.78, 5) is 11.7. The molecule has 1 fully saturated rings. The summed E-state index contributed by atoms with van der Waals surface area (Å²) in [6, 6.07) is 1.08. The number of nitrogens with zero attached hydrogens (tertiary/aromatic N) is 1. The van der Waals surface area contributed by atoms with Crippen LogP contribution in [0.2, 0.25) is 0 Å². The lowest BCUT2D eigenvalue weighted by molar-refractivity contribution is -0.126. The van der Waals surface area contributed by atoms with Crippen molar-refractivity contribution in [2.75, 3.05) is 13.1 Å². The minimum atomic E-state index is -3.60. The molecule has 1 amide bonds. The van der Waals surface area contributed by atoms with E-state index in [9.17, 15) is 13.2 Å². The zero-order valence-corrected chi connectivity index (χ0v) is 12.9. The van der Waals surface area contributed by atoms with Crippen LogP contribution in [0.3, 0.4) is 0 Å². The van der Waals surface area contributed by atoms with Crippen LogP contribution >= 0.6 is 27.3 Å². The van der Waals surface area contributed by atoms with Gasteiger partial charge in [0.05, 0.1) is 0 Å². The molecule has 0 spiro atoms. The van der Waals surface area contributed by atoms with Gasteiger partial charge in [-0.1, -0.05) is 6.92 Å². The van der Waals surface area contributed by atoms with E-state index in [1.807, 2.05) is 6.92 Å². The summed E-state index contributed by atoms with van der Waals surface area (Å²) in [5, 5.41) is 4.40. The maximum absolute atomic E-state index is 12.5. The van der Waals surface area contributed by atoms with Gasteiger partial charge in [-0.15, -0.1) is 11.3 Å². The Morgan fingerprint density at radius 1 is 1.61 bits per heavy atom. The first kappa shape index (κ1) is 14.0. The topological polar surface area (TPSA) is 66.5 Å². The smallest absolute Gasteiger partial charge is 0.254 e. The molecule has 0 aromatic carbocycles. The SMILES string of the molecule is CCC1C(=O)NCCN1S(=O)(=O)c1sccc1Br. The number of thiophene rings is 1. The van der Waals surface area contributed by atoms with Gasteiger partial charge in [-0.05, 0) is 33.8 Å². The fraction of sp³-hybridized carbons (Fsp3) is 0.500. The molecule has 5 nitrogen and oxygen atoms in total. The number of carbonyl (C=O) groups excluding carboxylic acids is 1. The first-order chi connectivity index (χ1) is 8.48. The van der Waals surface area contributed by atoms with Crippen molar-refractivity contribution >= 4 is 43.2 Å². The molecule has 1 unspecified atom stereocenters. The molecule has 18 heavy (non-hydrogen) atoms. The molecular weight excluding hydrogens is 340 g/mol. The number of hydrogen-bond donors (Lipinski definition) is 1. The van der Waals surface area contributed by atoms with Crippen molar-refractivity contribution in [1.82, 2.24) is 9.62 Å². The van der Waals surface area contributed by atoms with Gasteiger partial charge in [0.2, 0.25) is 5.91 Å². The van der Waals surface area contributed by atoms with Crippen LogP contribution < -0.4 is 5.32 Å². The first-order valence-corrected chi connectivity index (χ1v) is 8.62. The summed E-state index contributed by atoms with van der Waals surface area (Å²) in [7, 11) is -3.60. The van der Waals surface area contributed by atoms with Crippen LogP contribution in [0.25, 0.3) is 0 Å². The number of halogens is 1. The molecular formula is C10H13BrN2O3S2. The fourth-order valence-electron chi connectivity index (χ4n) is 1.94. The third-order valence-corrected chi connectivity index (χ3v) is 7.35. The lowest BCUT2D eigenvalue weighted by Gasteiger charge is -2.33. The number of amides is 1. The predicted octanol–water partition coefficient (Wildman–Crippen LogP) is 1.41. The Morgan fingerprint density at radius 3 is 2.89 bits per heavy atom. The molecule has 1 aromatic rings. The fourth-order valence-corrected chi connectivity index (χ4v) is 6.03. The monoisotopic (exact) mass is 352 g/mol. The summed E-state index contributed by atoms with van der Waals surface area (Å²) >= 11 is 4.39. The molecule has 1 aliphatic heterocycles. The van der Waals surface area contributed by atoms with E-state index in [0.717, 1.165) is 11.3 Å². The molecule has 0 saturated carbocycles. The van der Waals surface area contributed by atoms with E-state index < -0.39 is 16.1 Å². The molecule has 0 radical (unpaired) electrons. The van der Waals surface area contributed by atoms with E-state index in [1.165, 1.54) is 4.31 Å². The second-order valence-corrected chi connectivity index (χ2v) is 7.74. The highest BCUT2D eigenvalue weighted by atomic mass is 79.9. The van der Waals surface area contributed by atoms with Crippen LogP contribution in [0, 0.1) is 0 Å². The van der Waals surface area contributed by atoms with Gasteiger partial charge in [0.1, 0.15) is 10.3 Å². The first-order valence-electron chi connectivity index (χ1n) is 5.51. The summed E-state index contributed by atoms with van der Waals surface area (Å²) in [6.07, 6.45) is 0.466. The largest absolute Gasteiger partial charge is 0.353 e. The predicted molar refractivity (Wildman–Crippen MR) is 73.0 cm³/mol. The lowest BCUT2D eigenvalue weighted by atomic mass is 10.2. The summed E-state index contributed by atoms with van der Waals surface area (Å²) in [5.74, 6) is -0.222. The summed E-state index contributed by atoms with van der Waals surface area (Å²) < 4.78 is 27.1. The highest BCUT2D eigenvalue weighted by molar-refractivity contribution is 9.10. The molecule has 1 aromatic heterocycles. The van der Waals surface area contributed by atoms with E-state index in [0.29, 0.717) is 24.0 Å². The number of sulfonamides is 1. The van der Waals surface area contributed by atoms with Crippen LogP contribution in [0.15, 0.2) is 20.1 Å². The van der Waals surface area contributed by atoms with Gasteiger partial charge < -0.3 is 5.32 Å². The Bertz CT molecular complexity index is 555. The van der Waals surface area contributed by atoms with Gasteiger partial charge in [0.15, 0.2) is 0 Å². The molecule has 1 saturated heterocycles. The average molecular weight is 353 g/mol. The lowest BCUT2D eigenvalue weighted by Crippen LogP contribution is -2.56. The van der Waals surface area contributed by atoms with E-state index >= 15 is 0 Å². The minimum absolute atomic E-state index is 0.222. The third-order valence-electron chi connectivity index (χ3n) is 2.80. The van der Waals surface area contributed by atoms with Crippen molar-refractivity contribution in [3.8, 4) is 0 Å². The van der Waals surface area contributed by atoms with Gasteiger partial charge in [-0.2, -0.15) is 4.31 Å². The number of piperazine rings is 1. The normalized spacial score (nSPS) is 21.9. The van der Waals surface area contributed by atoms with Crippen LogP contribution in [0.4, 0.5) is 0 Å². The van der Waals surface area contributed by atoms with Gasteiger partial charge >= 0.3 is 0 Å². The van der Waals surface area contributed by atoms with Crippen LogP contribution in [-0.2, 0) is 14.8 Å². The van der Waals surface area contributed by atoms with Crippen molar-refractivity contribution in [3.63, 3.8) is 0 Å². The summed E-state index contributed by atoms with van der Waals surface area (Å²) in [6.45, 7) is 2.48. The van der Waals surface area contributed by atoms with Gasteiger partial charge in [0.25, 0.3) is 10.0 Å². The highest BCUT2D eigenvalue weighted by Crippen LogP contribution is 2.32. The molecule has 8 heteroatoms.